The Bertz CT molecular complexity index is 1750. The molecule has 1 N–H and O–H groups in total. The largest absolute Gasteiger partial charge is 0.486 e. The number of amides is 2. The van der Waals surface area contributed by atoms with Crippen LogP contribution in [0.2, 0.25) is 0 Å². The van der Waals surface area contributed by atoms with Crippen LogP contribution < -0.4 is 15.0 Å². The van der Waals surface area contributed by atoms with E-state index in [2.05, 4.69) is 20.3 Å². The number of rotatable bonds is 7. The van der Waals surface area contributed by atoms with E-state index in [-0.39, 0.29) is 17.7 Å². The highest BCUT2D eigenvalue weighted by Gasteiger charge is 2.27. The summed E-state index contributed by atoms with van der Waals surface area (Å²) in [5.74, 6) is 1.12. The first-order chi connectivity index (χ1) is 21.2. The summed E-state index contributed by atoms with van der Waals surface area (Å²) >= 11 is 0. The van der Waals surface area contributed by atoms with Crippen molar-refractivity contribution in [1.29, 1.82) is 0 Å². The molecule has 0 radical (unpaired) electrons. The van der Waals surface area contributed by atoms with Gasteiger partial charge in [0.15, 0.2) is 5.65 Å². The van der Waals surface area contributed by atoms with Crippen LogP contribution in [0.15, 0.2) is 89.8 Å². The molecule has 1 aliphatic rings. The minimum absolute atomic E-state index is 0.266. The third kappa shape index (κ3) is 6.51. The number of furan rings is 1. The monoisotopic (exact) mass is 594 g/mol. The molecule has 0 saturated carbocycles. The molecule has 4 heterocycles. The third-order valence-electron chi connectivity index (χ3n) is 7.15. The Labute approximate surface area is 255 Å². The van der Waals surface area contributed by atoms with Gasteiger partial charge >= 0.3 is 6.09 Å². The van der Waals surface area contributed by atoms with Crippen LogP contribution in [-0.2, 0) is 11.3 Å². The van der Waals surface area contributed by atoms with E-state index in [4.69, 9.17) is 13.9 Å². The van der Waals surface area contributed by atoms with Crippen LogP contribution in [-0.4, -0.2) is 63.3 Å². The van der Waals surface area contributed by atoms with Crippen LogP contribution in [0.4, 0.5) is 16.2 Å². The lowest BCUT2D eigenvalue weighted by molar-refractivity contribution is 0.0240. The molecule has 0 bridgehead atoms. The number of nitrogens with one attached hydrogen (secondary N) is 1. The molecule has 0 atom stereocenters. The fraction of sp³-hybridized carbons (Fsp3) is 0.273. The Kier molecular flexibility index (Phi) is 7.93. The van der Waals surface area contributed by atoms with Gasteiger partial charge in [0.05, 0.1) is 23.8 Å². The normalized spacial score (nSPS) is 13.6. The van der Waals surface area contributed by atoms with Crippen LogP contribution in [0, 0.1) is 0 Å². The molecule has 0 unspecified atom stereocenters. The first-order valence-corrected chi connectivity index (χ1v) is 14.5. The van der Waals surface area contributed by atoms with Crippen molar-refractivity contribution in [3.63, 3.8) is 0 Å². The predicted molar refractivity (Wildman–Crippen MR) is 166 cm³/mol. The first kappa shape index (κ1) is 28.8. The predicted octanol–water partition coefficient (Wildman–Crippen LogP) is 5.88. The van der Waals surface area contributed by atoms with Gasteiger partial charge in [-0.05, 0) is 68.8 Å². The SMILES string of the molecule is CC(C)(C)OC(=O)N1CCN(c2ccccc2NC(=O)c2ccn3ncc(-c4ccc(OCc5ccco5)cc4)c3n2)CC1. The van der Waals surface area contributed by atoms with E-state index < -0.39 is 5.60 Å². The average Bonchev–Trinajstić information content (AvgIpc) is 3.70. The fourth-order valence-electron chi connectivity index (χ4n) is 4.98. The number of ether oxygens (including phenoxy) is 2. The van der Waals surface area contributed by atoms with Crippen molar-refractivity contribution in [2.24, 2.45) is 0 Å². The summed E-state index contributed by atoms with van der Waals surface area (Å²) < 4.78 is 18.3. The van der Waals surface area contributed by atoms with E-state index in [0.717, 1.165) is 22.6 Å². The summed E-state index contributed by atoms with van der Waals surface area (Å²) in [7, 11) is 0. The lowest BCUT2D eigenvalue weighted by atomic mass is 10.1. The first-order valence-electron chi connectivity index (χ1n) is 14.5. The van der Waals surface area contributed by atoms with Crippen molar-refractivity contribution in [2.75, 3.05) is 36.4 Å². The average molecular weight is 595 g/mol. The molecule has 2 aromatic carbocycles. The van der Waals surface area contributed by atoms with Gasteiger partial charge in [-0.1, -0.05) is 24.3 Å². The molecular weight excluding hydrogens is 560 g/mol. The Morgan fingerprint density at radius 3 is 2.45 bits per heavy atom. The van der Waals surface area contributed by atoms with Crippen molar-refractivity contribution in [3.05, 3.63) is 96.8 Å². The second kappa shape index (κ2) is 12.1. The van der Waals surface area contributed by atoms with Crippen molar-refractivity contribution >= 4 is 29.0 Å². The van der Waals surface area contributed by atoms with Crippen molar-refractivity contribution in [1.82, 2.24) is 19.5 Å². The van der Waals surface area contributed by atoms with E-state index in [1.165, 1.54) is 0 Å². The summed E-state index contributed by atoms with van der Waals surface area (Å²) in [6.07, 6.45) is 4.76. The topological polar surface area (TPSA) is 114 Å². The van der Waals surface area contributed by atoms with Crippen molar-refractivity contribution < 1.29 is 23.5 Å². The number of carbonyl (C=O) groups is 2. The third-order valence-corrected chi connectivity index (χ3v) is 7.15. The quantitative estimate of drug-likeness (QED) is 0.249. The van der Waals surface area contributed by atoms with Crippen LogP contribution in [0.3, 0.4) is 0 Å². The molecule has 6 rings (SSSR count). The van der Waals surface area contributed by atoms with E-state index in [9.17, 15) is 9.59 Å². The molecule has 226 valence electrons. The molecule has 1 fully saturated rings. The number of para-hydroxylation sites is 2. The maximum Gasteiger partial charge on any atom is 0.410 e. The summed E-state index contributed by atoms with van der Waals surface area (Å²) in [5.41, 5.74) is 3.52. The van der Waals surface area contributed by atoms with E-state index in [1.807, 2.05) is 81.4 Å². The highest BCUT2D eigenvalue weighted by Crippen LogP contribution is 2.29. The minimum Gasteiger partial charge on any atom is -0.486 e. The van der Waals surface area contributed by atoms with Gasteiger partial charge < -0.3 is 29.0 Å². The Morgan fingerprint density at radius 2 is 1.73 bits per heavy atom. The van der Waals surface area contributed by atoms with E-state index in [1.54, 1.807) is 34.1 Å². The highest BCUT2D eigenvalue weighted by atomic mass is 16.6. The molecule has 0 aliphatic carbocycles. The molecular formula is C33H34N6O5. The van der Waals surface area contributed by atoms with Gasteiger partial charge in [-0.2, -0.15) is 5.10 Å². The van der Waals surface area contributed by atoms with Crippen LogP contribution in [0.25, 0.3) is 16.8 Å². The molecule has 11 nitrogen and oxygen atoms in total. The fourth-order valence-corrected chi connectivity index (χ4v) is 4.98. The molecule has 1 saturated heterocycles. The number of benzene rings is 2. The van der Waals surface area contributed by atoms with E-state index >= 15 is 0 Å². The number of piperazine rings is 1. The van der Waals surface area contributed by atoms with Crippen molar-refractivity contribution in [2.45, 2.75) is 33.0 Å². The van der Waals surface area contributed by atoms with Gasteiger partial charge in [0.25, 0.3) is 5.91 Å². The Balaban J connectivity index is 1.14. The second-order valence-electron chi connectivity index (χ2n) is 11.5. The van der Waals surface area contributed by atoms with Crippen LogP contribution in [0.1, 0.15) is 37.0 Å². The maximum atomic E-state index is 13.4. The van der Waals surface area contributed by atoms with E-state index in [0.29, 0.717) is 49.9 Å². The van der Waals surface area contributed by atoms with Gasteiger partial charge in [-0.3, -0.25) is 4.79 Å². The summed E-state index contributed by atoms with van der Waals surface area (Å²) in [6, 6.07) is 20.6. The minimum atomic E-state index is -0.541. The smallest absolute Gasteiger partial charge is 0.410 e. The molecule has 44 heavy (non-hydrogen) atoms. The van der Waals surface area contributed by atoms with Crippen molar-refractivity contribution in [3.8, 4) is 16.9 Å². The van der Waals surface area contributed by atoms with Gasteiger partial charge in [-0.15, -0.1) is 0 Å². The van der Waals surface area contributed by atoms with Gasteiger partial charge in [-0.25, -0.2) is 14.3 Å². The number of hydrogen-bond acceptors (Lipinski definition) is 8. The second-order valence-corrected chi connectivity index (χ2v) is 11.5. The summed E-state index contributed by atoms with van der Waals surface area (Å²) in [5, 5.41) is 7.46. The highest BCUT2D eigenvalue weighted by molar-refractivity contribution is 6.05. The van der Waals surface area contributed by atoms with Gasteiger partial charge in [0.2, 0.25) is 0 Å². The number of aromatic nitrogens is 3. The summed E-state index contributed by atoms with van der Waals surface area (Å²) in [6.45, 7) is 8.20. The Hall–Kier alpha value is -5.32. The number of carbonyl (C=O) groups excluding carboxylic acids is 2. The van der Waals surface area contributed by atoms with Crippen LogP contribution in [0.5, 0.6) is 5.75 Å². The standard InChI is InChI=1S/C33H34N6O5/c1-33(2,3)44-32(41)38-18-16-37(17-19-38)29-9-5-4-8-27(29)36-31(40)28-14-15-39-30(35-28)26(21-34-39)23-10-12-24(13-11-23)43-22-25-7-6-20-42-25/h4-15,20-21H,16-19,22H2,1-3H3,(H,36,40). The molecule has 11 heteroatoms. The van der Waals surface area contributed by atoms with Crippen LogP contribution >= 0.6 is 0 Å². The summed E-state index contributed by atoms with van der Waals surface area (Å²) in [4.78, 5) is 34.5. The molecule has 2 amide bonds. The molecule has 0 spiro atoms. The van der Waals surface area contributed by atoms with Gasteiger partial charge in [0.1, 0.15) is 29.4 Å². The lowest BCUT2D eigenvalue weighted by Gasteiger charge is -2.37. The maximum absolute atomic E-state index is 13.4. The number of fused-ring (bicyclic) bond motifs is 1. The molecule has 3 aromatic heterocycles. The zero-order chi connectivity index (χ0) is 30.7. The Morgan fingerprint density at radius 1 is 0.955 bits per heavy atom. The molecule has 1 aliphatic heterocycles. The zero-order valence-corrected chi connectivity index (χ0v) is 24.9. The number of nitrogens with zero attached hydrogens (tertiary/aromatic N) is 5. The molecule has 5 aromatic rings. The lowest BCUT2D eigenvalue weighted by Crippen LogP contribution is -2.50. The van der Waals surface area contributed by atoms with Gasteiger partial charge in [0, 0.05) is 37.9 Å². The zero-order valence-electron chi connectivity index (χ0n) is 24.9. The number of anilines is 2. The number of hydrogen-bond donors (Lipinski definition) is 1.